The van der Waals surface area contributed by atoms with E-state index in [1.807, 2.05) is 6.92 Å². The molecule has 0 aliphatic rings. The van der Waals surface area contributed by atoms with Gasteiger partial charge < -0.3 is 10.4 Å². The maximum Gasteiger partial charge on any atom is 0.303 e. The van der Waals surface area contributed by atoms with Gasteiger partial charge >= 0.3 is 5.97 Å². The van der Waals surface area contributed by atoms with Crippen LogP contribution in [0.2, 0.25) is 0 Å². The lowest BCUT2D eigenvalue weighted by molar-refractivity contribution is -0.384. The Balaban J connectivity index is 2.10. The fourth-order valence-electron chi connectivity index (χ4n) is 1.97. The number of hydrogen-bond donors (Lipinski definition) is 2. The third-order valence-electron chi connectivity index (χ3n) is 3.04. The van der Waals surface area contributed by atoms with Gasteiger partial charge in [0.2, 0.25) is 0 Å². The average molecular weight is 289 g/mol. The Morgan fingerprint density at radius 1 is 1.43 bits per heavy atom. The molecule has 0 bridgehead atoms. The van der Waals surface area contributed by atoms with Crippen LogP contribution in [0.25, 0.3) is 10.9 Å². The van der Waals surface area contributed by atoms with Gasteiger partial charge in [-0.15, -0.1) is 0 Å². The lowest BCUT2D eigenvalue weighted by Gasteiger charge is -2.11. The molecule has 0 aliphatic carbocycles. The molecule has 7 heteroatoms. The minimum absolute atomic E-state index is 0.0168. The van der Waals surface area contributed by atoms with E-state index < -0.39 is 10.9 Å². The Hall–Kier alpha value is -2.70. The average Bonchev–Trinajstić information content (AvgIpc) is 2.43. The van der Waals surface area contributed by atoms with Crippen molar-refractivity contribution in [2.75, 3.05) is 11.9 Å². The summed E-state index contributed by atoms with van der Waals surface area (Å²) in [4.78, 5) is 25.2. The zero-order valence-corrected chi connectivity index (χ0v) is 11.4. The fourth-order valence-corrected chi connectivity index (χ4v) is 1.97. The molecule has 0 fully saturated rings. The van der Waals surface area contributed by atoms with Gasteiger partial charge in [0.25, 0.3) is 5.69 Å². The van der Waals surface area contributed by atoms with Crippen LogP contribution in [0.15, 0.2) is 30.3 Å². The van der Waals surface area contributed by atoms with Crippen LogP contribution in [-0.2, 0) is 4.79 Å². The van der Waals surface area contributed by atoms with Crippen molar-refractivity contribution in [2.45, 2.75) is 13.3 Å². The standard InChI is InChI=1S/C14H15N3O4/c1-9(6-14(18)19)8-15-13-5-2-10-7-11(17(20)21)3-4-12(10)16-13/h2-5,7,9H,6,8H2,1H3,(H,15,16)(H,18,19). The first-order valence-corrected chi connectivity index (χ1v) is 6.46. The zero-order chi connectivity index (χ0) is 15.4. The highest BCUT2D eigenvalue weighted by Gasteiger charge is 2.09. The minimum Gasteiger partial charge on any atom is -0.481 e. The SMILES string of the molecule is CC(CNc1ccc2cc([N+](=O)[O-])ccc2n1)CC(=O)O. The molecule has 0 spiro atoms. The van der Waals surface area contributed by atoms with Crippen LogP contribution in [0, 0.1) is 16.0 Å². The smallest absolute Gasteiger partial charge is 0.303 e. The minimum atomic E-state index is -0.830. The third-order valence-corrected chi connectivity index (χ3v) is 3.04. The number of carbonyl (C=O) groups is 1. The van der Waals surface area contributed by atoms with Crippen molar-refractivity contribution in [3.63, 3.8) is 0 Å². The predicted molar refractivity (Wildman–Crippen MR) is 78.3 cm³/mol. The van der Waals surface area contributed by atoms with Crippen LogP contribution < -0.4 is 5.32 Å². The van der Waals surface area contributed by atoms with Crippen LogP contribution in [0.3, 0.4) is 0 Å². The number of nitro groups is 1. The Bertz CT molecular complexity index is 687. The molecule has 0 saturated heterocycles. The first-order chi connectivity index (χ1) is 9.95. The number of nitrogens with zero attached hydrogens (tertiary/aromatic N) is 2. The summed E-state index contributed by atoms with van der Waals surface area (Å²) in [5.41, 5.74) is 0.677. The molecule has 2 N–H and O–H groups in total. The summed E-state index contributed by atoms with van der Waals surface area (Å²) in [7, 11) is 0. The molecule has 1 atom stereocenters. The number of carboxylic acids is 1. The molecule has 21 heavy (non-hydrogen) atoms. The van der Waals surface area contributed by atoms with Gasteiger partial charge in [-0.3, -0.25) is 14.9 Å². The van der Waals surface area contributed by atoms with Crippen LogP contribution in [-0.4, -0.2) is 27.5 Å². The highest BCUT2D eigenvalue weighted by molar-refractivity contribution is 5.82. The van der Waals surface area contributed by atoms with E-state index in [2.05, 4.69) is 10.3 Å². The highest BCUT2D eigenvalue weighted by Crippen LogP contribution is 2.21. The highest BCUT2D eigenvalue weighted by atomic mass is 16.6. The van der Waals surface area contributed by atoms with Gasteiger partial charge in [0.05, 0.1) is 10.4 Å². The number of hydrogen-bond acceptors (Lipinski definition) is 5. The number of nitrogens with one attached hydrogen (secondary N) is 1. The lowest BCUT2D eigenvalue weighted by Crippen LogP contribution is -2.15. The first kappa shape index (κ1) is 14.7. The molecule has 0 radical (unpaired) electrons. The zero-order valence-electron chi connectivity index (χ0n) is 11.4. The van der Waals surface area contributed by atoms with E-state index in [0.29, 0.717) is 23.3 Å². The molecular formula is C14H15N3O4. The molecule has 1 unspecified atom stereocenters. The number of nitro benzene ring substituents is 1. The van der Waals surface area contributed by atoms with Gasteiger partial charge in [0.15, 0.2) is 0 Å². The summed E-state index contributed by atoms with van der Waals surface area (Å²) in [6.45, 7) is 2.34. The Morgan fingerprint density at radius 3 is 2.86 bits per heavy atom. The van der Waals surface area contributed by atoms with E-state index >= 15 is 0 Å². The lowest BCUT2D eigenvalue weighted by atomic mass is 10.1. The summed E-state index contributed by atoms with van der Waals surface area (Å²) in [5, 5.41) is 23.2. The van der Waals surface area contributed by atoms with Crippen molar-refractivity contribution in [2.24, 2.45) is 5.92 Å². The second-order valence-corrected chi connectivity index (χ2v) is 4.91. The van der Waals surface area contributed by atoms with Crippen molar-refractivity contribution in [3.8, 4) is 0 Å². The largest absolute Gasteiger partial charge is 0.481 e. The van der Waals surface area contributed by atoms with Crippen LogP contribution >= 0.6 is 0 Å². The van der Waals surface area contributed by atoms with Crippen LogP contribution in [0.1, 0.15) is 13.3 Å². The van der Waals surface area contributed by atoms with E-state index in [-0.39, 0.29) is 18.0 Å². The number of rotatable bonds is 6. The molecule has 7 nitrogen and oxygen atoms in total. The summed E-state index contributed by atoms with van der Waals surface area (Å²) < 4.78 is 0. The van der Waals surface area contributed by atoms with Crippen molar-refractivity contribution >= 4 is 28.4 Å². The first-order valence-electron chi connectivity index (χ1n) is 6.46. The second kappa shape index (κ2) is 6.17. The van der Waals surface area contributed by atoms with Gasteiger partial charge in [-0.25, -0.2) is 4.98 Å². The molecule has 0 saturated carbocycles. The summed E-state index contributed by atoms with van der Waals surface area (Å²) in [6, 6.07) is 7.95. The van der Waals surface area contributed by atoms with E-state index in [9.17, 15) is 14.9 Å². The quantitative estimate of drug-likeness (QED) is 0.625. The molecule has 110 valence electrons. The molecule has 0 amide bonds. The normalized spacial score (nSPS) is 12.0. The monoisotopic (exact) mass is 289 g/mol. The molecule has 1 aromatic carbocycles. The maximum atomic E-state index is 10.7. The van der Waals surface area contributed by atoms with Gasteiger partial charge in [0, 0.05) is 30.5 Å². The number of benzene rings is 1. The second-order valence-electron chi connectivity index (χ2n) is 4.91. The predicted octanol–water partition coefficient (Wildman–Crippen LogP) is 2.67. The Labute approximate surface area is 120 Å². The summed E-state index contributed by atoms with van der Waals surface area (Å²) >= 11 is 0. The van der Waals surface area contributed by atoms with Crippen molar-refractivity contribution in [1.29, 1.82) is 0 Å². The molecule has 1 heterocycles. The van der Waals surface area contributed by atoms with Crippen LogP contribution in [0.4, 0.5) is 11.5 Å². The molecule has 0 aliphatic heterocycles. The van der Waals surface area contributed by atoms with Crippen molar-refractivity contribution < 1.29 is 14.8 Å². The Kier molecular flexibility index (Phi) is 4.32. The van der Waals surface area contributed by atoms with Gasteiger partial charge in [-0.05, 0) is 24.1 Å². The van der Waals surface area contributed by atoms with Gasteiger partial charge in [-0.1, -0.05) is 6.92 Å². The number of carboxylic acid groups (broad SMARTS) is 1. The number of fused-ring (bicyclic) bond motifs is 1. The van der Waals surface area contributed by atoms with Crippen molar-refractivity contribution in [1.82, 2.24) is 4.98 Å². The third kappa shape index (κ3) is 3.88. The van der Waals surface area contributed by atoms with E-state index in [1.54, 1.807) is 18.2 Å². The maximum absolute atomic E-state index is 10.7. The summed E-state index contributed by atoms with van der Waals surface area (Å²) in [6.07, 6.45) is 0.0901. The van der Waals surface area contributed by atoms with E-state index in [0.717, 1.165) is 0 Å². The van der Waals surface area contributed by atoms with E-state index in [4.69, 9.17) is 5.11 Å². The Morgan fingerprint density at radius 2 is 2.19 bits per heavy atom. The number of pyridine rings is 1. The number of aliphatic carboxylic acids is 1. The number of aromatic nitrogens is 1. The van der Waals surface area contributed by atoms with E-state index in [1.165, 1.54) is 12.1 Å². The molecule has 2 rings (SSSR count). The van der Waals surface area contributed by atoms with Gasteiger partial charge in [-0.2, -0.15) is 0 Å². The van der Waals surface area contributed by atoms with Crippen LogP contribution in [0.5, 0.6) is 0 Å². The number of anilines is 1. The number of non-ortho nitro benzene ring substituents is 1. The molecular weight excluding hydrogens is 274 g/mol. The fraction of sp³-hybridized carbons (Fsp3) is 0.286. The molecule has 2 aromatic rings. The van der Waals surface area contributed by atoms with Crippen molar-refractivity contribution in [3.05, 3.63) is 40.4 Å². The molecule has 1 aromatic heterocycles. The topological polar surface area (TPSA) is 105 Å². The summed E-state index contributed by atoms with van der Waals surface area (Å²) in [5.74, 6) is -0.228. The van der Waals surface area contributed by atoms with Gasteiger partial charge in [0.1, 0.15) is 5.82 Å².